The summed E-state index contributed by atoms with van der Waals surface area (Å²) in [4.78, 5) is 17.3. The predicted molar refractivity (Wildman–Crippen MR) is 129 cm³/mol. The Morgan fingerprint density at radius 3 is 2.52 bits per heavy atom. The Balaban J connectivity index is 1.80. The Bertz CT molecular complexity index is 1320. The van der Waals surface area contributed by atoms with Crippen LogP contribution < -0.4 is 5.32 Å². The van der Waals surface area contributed by atoms with Crippen LogP contribution in [0.1, 0.15) is 38.6 Å². The van der Waals surface area contributed by atoms with Crippen LogP contribution in [0.5, 0.6) is 0 Å². The van der Waals surface area contributed by atoms with Crippen molar-refractivity contribution in [1.29, 1.82) is 5.26 Å². The lowest BCUT2D eigenvalue weighted by Gasteiger charge is -2.18. The monoisotopic (exact) mass is 487 g/mol. The Morgan fingerprint density at radius 1 is 1.18 bits per heavy atom. The van der Waals surface area contributed by atoms with Crippen molar-refractivity contribution in [3.05, 3.63) is 52.8 Å². The molecule has 3 aromatic rings. The van der Waals surface area contributed by atoms with Crippen LogP contribution in [-0.4, -0.2) is 41.3 Å². The van der Waals surface area contributed by atoms with Crippen molar-refractivity contribution in [3.8, 4) is 6.07 Å². The Morgan fingerprint density at radius 2 is 1.91 bits per heavy atom. The van der Waals surface area contributed by atoms with Crippen molar-refractivity contribution in [2.75, 3.05) is 18.4 Å². The number of halogens is 1. The van der Waals surface area contributed by atoms with E-state index in [9.17, 15) is 13.2 Å². The van der Waals surface area contributed by atoms with E-state index in [2.05, 4.69) is 10.3 Å². The lowest BCUT2D eigenvalue weighted by Crippen LogP contribution is -2.30. The van der Waals surface area contributed by atoms with Gasteiger partial charge < -0.3 is 9.88 Å². The summed E-state index contributed by atoms with van der Waals surface area (Å²) in [7, 11) is -3.58. The summed E-state index contributed by atoms with van der Waals surface area (Å²) < 4.78 is 29.1. The van der Waals surface area contributed by atoms with E-state index in [1.54, 1.807) is 44.2 Å². The van der Waals surface area contributed by atoms with Crippen molar-refractivity contribution in [2.45, 2.75) is 45.1 Å². The first-order chi connectivity index (χ1) is 15.7. The van der Waals surface area contributed by atoms with Crippen LogP contribution in [0.15, 0.2) is 41.3 Å². The first-order valence-electron chi connectivity index (χ1n) is 10.7. The third-order valence-corrected chi connectivity index (χ3v) is 7.77. The highest BCUT2D eigenvalue weighted by Gasteiger charge is 2.23. The number of benzene rings is 2. The molecule has 10 heteroatoms. The number of nitrogens with zero attached hydrogens (tertiary/aromatic N) is 4. The van der Waals surface area contributed by atoms with E-state index < -0.39 is 10.0 Å². The van der Waals surface area contributed by atoms with Crippen molar-refractivity contribution in [1.82, 2.24) is 13.9 Å². The first kappa shape index (κ1) is 24.7. The molecular weight excluding hydrogens is 462 g/mol. The highest BCUT2D eigenvalue weighted by Crippen LogP contribution is 2.24. The van der Waals surface area contributed by atoms with Gasteiger partial charge in [-0.1, -0.05) is 25.4 Å². The van der Waals surface area contributed by atoms with E-state index in [1.165, 1.54) is 10.4 Å². The molecule has 8 nitrogen and oxygen atoms in total. The number of aromatic nitrogens is 2. The van der Waals surface area contributed by atoms with Crippen molar-refractivity contribution < 1.29 is 13.2 Å². The van der Waals surface area contributed by atoms with E-state index in [-0.39, 0.29) is 22.2 Å². The van der Waals surface area contributed by atoms with Gasteiger partial charge in [0.2, 0.25) is 15.9 Å². The van der Waals surface area contributed by atoms with Crippen LogP contribution >= 0.6 is 11.6 Å². The molecule has 0 unspecified atom stereocenters. The fraction of sp³-hybridized carbons (Fsp3) is 0.348. The van der Waals surface area contributed by atoms with Gasteiger partial charge >= 0.3 is 0 Å². The Hall–Kier alpha value is -2.93. The minimum Gasteiger partial charge on any atom is -0.328 e. The average molecular weight is 488 g/mol. The number of sulfonamides is 1. The number of nitrogens with one attached hydrogen (secondary N) is 1. The van der Waals surface area contributed by atoms with Crippen LogP contribution in [0, 0.1) is 11.3 Å². The van der Waals surface area contributed by atoms with Crippen molar-refractivity contribution >= 4 is 44.3 Å². The number of aryl methyl sites for hydroxylation is 2. The number of amides is 1. The number of rotatable bonds is 9. The van der Waals surface area contributed by atoms with Gasteiger partial charge in [0.05, 0.1) is 26.5 Å². The number of carbonyl (C=O) groups is 1. The molecule has 0 fully saturated rings. The number of carbonyl (C=O) groups excluding carboxylic acids is 1. The smallest absolute Gasteiger partial charge is 0.243 e. The lowest BCUT2D eigenvalue weighted by molar-refractivity contribution is -0.116. The van der Waals surface area contributed by atoms with E-state index >= 15 is 0 Å². The third kappa shape index (κ3) is 5.19. The molecule has 1 N–H and O–H groups in total. The van der Waals surface area contributed by atoms with Gasteiger partial charge in [0.1, 0.15) is 11.9 Å². The number of anilines is 1. The minimum absolute atomic E-state index is 0.186. The Kier molecular flexibility index (Phi) is 7.74. The number of hydrogen-bond donors (Lipinski definition) is 1. The molecule has 33 heavy (non-hydrogen) atoms. The zero-order valence-corrected chi connectivity index (χ0v) is 20.4. The molecular formula is C23H26ClN5O3S. The van der Waals surface area contributed by atoms with Gasteiger partial charge in [-0.2, -0.15) is 9.57 Å². The van der Waals surface area contributed by atoms with Gasteiger partial charge in [-0.05, 0) is 43.3 Å². The first-order valence-corrected chi connectivity index (χ1v) is 12.6. The number of hydrogen-bond acceptors (Lipinski definition) is 5. The van der Waals surface area contributed by atoms with Gasteiger partial charge in [0.25, 0.3) is 0 Å². The molecule has 0 aliphatic carbocycles. The molecule has 0 spiro atoms. The zero-order chi connectivity index (χ0) is 24.2. The summed E-state index contributed by atoms with van der Waals surface area (Å²) in [6, 6.07) is 11.7. The molecule has 2 aromatic carbocycles. The Labute approximate surface area is 198 Å². The maximum Gasteiger partial charge on any atom is 0.243 e. The molecule has 0 saturated heterocycles. The van der Waals surface area contributed by atoms with Crippen molar-refractivity contribution in [3.63, 3.8) is 0 Å². The molecule has 1 aromatic heterocycles. The molecule has 0 atom stereocenters. The minimum atomic E-state index is -3.58. The van der Waals surface area contributed by atoms with E-state index in [1.807, 2.05) is 17.6 Å². The molecule has 0 aliphatic rings. The fourth-order valence-corrected chi connectivity index (χ4v) is 5.41. The largest absolute Gasteiger partial charge is 0.328 e. The van der Waals surface area contributed by atoms with Crippen LogP contribution in [0.2, 0.25) is 5.02 Å². The highest BCUT2D eigenvalue weighted by molar-refractivity contribution is 7.89. The average Bonchev–Trinajstić information content (AvgIpc) is 3.15. The fourth-order valence-electron chi connectivity index (χ4n) is 3.71. The predicted octanol–water partition coefficient (Wildman–Crippen LogP) is 4.18. The molecule has 0 aliphatic heterocycles. The van der Waals surface area contributed by atoms with Crippen LogP contribution in [0.4, 0.5) is 5.69 Å². The van der Waals surface area contributed by atoms with Crippen LogP contribution in [0.3, 0.4) is 0 Å². The lowest BCUT2D eigenvalue weighted by atomic mass is 10.2. The topological polar surface area (TPSA) is 108 Å². The maximum absolute atomic E-state index is 12.9. The molecule has 3 rings (SSSR count). The van der Waals surface area contributed by atoms with Gasteiger partial charge in [-0.3, -0.25) is 4.79 Å². The normalized spacial score (nSPS) is 11.6. The summed E-state index contributed by atoms with van der Waals surface area (Å²) in [5, 5.41) is 12.0. The second kappa shape index (κ2) is 10.3. The van der Waals surface area contributed by atoms with Crippen LogP contribution in [0.25, 0.3) is 11.0 Å². The molecule has 1 heterocycles. The molecule has 1 amide bonds. The zero-order valence-electron chi connectivity index (χ0n) is 18.8. The van der Waals surface area contributed by atoms with Gasteiger partial charge in [-0.15, -0.1) is 0 Å². The van der Waals surface area contributed by atoms with E-state index in [0.29, 0.717) is 48.6 Å². The number of imidazole rings is 1. The van der Waals surface area contributed by atoms with E-state index in [4.69, 9.17) is 16.9 Å². The van der Waals surface area contributed by atoms with Gasteiger partial charge in [-0.25, -0.2) is 13.4 Å². The number of fused-ring (bicyclic) bond motifs is 1. The van der Waals surface area contributed by atoms with E-state index in [0.717, 1.165) is 5.52 Å². The number of nitriles is 1. The second-order valence-electron chi connectivity index (χ2n) is 7.37. The quantitative estimate of drug-likeness (QED) is 0.487. The van der Waals surface area contributed by atoms with Crippen molar-refractivity contribution in [2.24, 2.45) is 0 Å². The molecule has 0 saturated carbocycles. The highest BCUT2D eigenvalue weighted by atomic mass is 35.5. The summed E-state index contributed by atoms with van der Waals surface area (Å²) >= 11 is 6.02. The molecule has 174 valence electrons. The van der Waals surface area contributed by atoms with Gasteiger partial charge in [0, 0.05) is 38.2 Å². The van der Waals surface area contributed by atoms with Crippen LogP contribution in [-0.2, 0) is 27.8 Å². The summed E-state index contributed by atoms with van der Waals surface area (Å²) in [5.74, 6) is 0.494. The standard InChI is InChI=1S/C23H26ClN5O3S/c1-4-28(5-2)33(31,32)18-9-10-21-20(14-18)27-22(29(21)6-3)11-12-23(30)26-17-8-7-16(15-25)19(24)13-17/h7-10,13-14H,4-6,11-12H2,1-3H3,(H,26,30). The molecule has 0 bridgehead atoms. The second-order valence-corrected chi connectivity index (χ2v) is 9.71. The molecule has 0 radical (unpaired) electrons. The summed E-state index contributed by atoms with van der Waals surface area (Å²) in [5.41, 5.74) is 2.26. The third-order valence-electron chi connectivity index (χ3n) is 5.41. The summed E-state index contributed by atoms with van der Waals surface area (Å²) in [6.07, 6.45) is 0.571. The van der Waals surface area contributed by atoms with Gasteiger partial charge in [0.15, 0.2) is 0 Å². The maximum atomic E-state index is 12.9. The SMILES string of the molecule is CCN(CC)S(=O)(=O)c1ccc2c(c1)nc(CCC(=O)Nc1ccc(C#N)c(Cl)c1)n2CC. The summed E-state index contributed by atoms with van der Waals surface area (Å²) in [6.45, 7) is 7.02.